The molecule has 0 spiro atoms. The highest BCUT2D eigenvalue weighted by molar-refractivity contribution is 6.35. The van der Waals surface area contributed by atoms with Crippen LogP contribution in [0.3, 0.4) is 0 Å². The molecule has 2 heterocycles. The van der Waals surface area contributed by atoms with Crippen LogP contribution in [-0.2, 0) is 19.8 Å². The smallest absolute Gasteiger partial charge is 0.257 e. The molecule has 0 aliphatic carbocycles. The van der Waals surface area contributed by atoms with Gasteiger partial charge in [0.05, 0.1) is 37.9 Å². The summed E-state index contributed by atoms with van der Waals surface area (Å²) < 4.78 is 18.0. The lowest BCUT2D eigenvalue weighted by Crippen LogP contribution is -2.14. The Morgan fingerprint density at radius 3 is 1.82 bits per heavy atom. The Kier molecular flexibility index (Phi) is 12.6. The molecule has 0 aliphatic heterocycles. The van der Waals surface area contributed by atoms with Crippen molar-refractivity contribution >= 4 is 47.4 Å². The zero-order valence-electron chi connectivity index (χ0n) is 30.5. The number of nitrogens with one attached hydrogen (secondary N) is 1. The average molecular weight is 797 g/mol. The lowest BCUT2D eigenvalue weighted by molar-refractivity contribution is 0.102. The van der Waals surface area contributed by atoms with Gasteiger partial charge in [0.1, 0.15) is 49.2 Å². The summed E-state index contributed by atoms with van der Waals surface area (Å²) >= 11 is 13.0. The van der Waals surface area contributed by atoms with E-state index in [0.29, 0.717) is 46.3 Å². The number of pyridine rings is 2. The lowest BCUT2D eigenvalue weighted by atomic mass is 9.93. The molecular weight excluding hydrogens is 765 g/mol. The van der Waals surface area contributed by atoms with Crippen molar-refractivity contribution in [2.75, 3.05) is 5.32 Å². The first-order valence-corrected chi connectivity index (χ1v) is 18.0. The normalized spacial score (nSPS) is 10.5. The highest BCUT2D eigenvalue weighted by Crippen LogP contribution is 2.36. The zero-order chi connectivity index (χ0) is 40.5. The summed E-state index contributed by atoms with van der Waals surface area (Å²) in [5, 5.41) is 21.6. The number of hydrogen-bond donors (Lipinski definition) is 1. The molecular formula is C44H31Cl2N5O6. The Balaban J connectivity index is 1.19. The highest BCUT2D eigenvalue weighted by Gasteiger charge is 2.19. The number of hydrogen-bond acceptors (Lipinski definition) is 10. The van der Waals surface area contributed by atoms with Crippen LogP contribution in [-0.4, -0.2) is 28.4 Å². The SMILES string of the molecule is Cc1c(COc2cc(OCc3cncc(C#N)c3)c(C=O)cc2Cl)cccc1-c1cccc(NC(=O)c2cc(OCc3cncc(C#N)c3)c(C=O)cc2Cl)c1C. The van der Waals surface area contributed by atoms with Gasteiger partial charge in [0.25, 0.3) is 5.91 Å². The van der Waals surface area contributed by atoms with Gasteiger partial charge < -0.3 is 19.5 Å². The molecule has 4 aromatic carbocycles. The van der Waals surface area contributed by atoms with Crippen molar-refractivity contribution in [3.63, 3.8) is 0 Å². The number of carbonyl (C=O) groups is 3. The molecule has 0 saturated heterocycles. The van der Waals surface area contributed by atoms with Crippen LogP contribution >= 0.6 is 23.2 Å². The molecule has 0 saturated carbocycles. The minimum absolute atomic E-state index is 0.00405. The summed E-state index contributed by atoms with van der Waals surface area (Å²) in [6, 6.07) is 24.5. The van der Waals surface area contributed by atoms with Crippen molar-refractivity contribution in [2.24, 2.45) is 0 Å². The fourth-order valence-corrected chi connectivity index (χ4v) is 6.44. The maximum absolute atomic E-state index is 13.7. The summed E-state index contributed by atoms with van der Waals surface area (Å²) in [5.74, 6) is 0.205. The number of halogens is 2. The summed E-state index contributed by atoms with van der Waals surface area (Å²) in [7, 11) is 0. The van der Waals surface area contributed by atoms with Gasteiger partial charge in [0.15, 0.2) is 12.6 Å². The Morgan fingerprint density at radius 1 is 0.684 bits per heavy atom. The number of carbonyl (C=O) groups excluding carboxylic acids is 3. The molecule has 0 aliphatic rings. The fraction of sp³-hybridized carbons (Fsp3) is 0.114. The van der Waals surface area contributed by atoms with Gasteiger partial charge in [0.2, 0.25) is 0 Å². The van der Waals surface area contributed by atoms with Crippen LogP contribution in [0.25, 0.3) is 11.1 Å². The summed E-state index contributed by atoms with van der Waals surface area (Å²) in [6.45, 7) is 4.08. The van der Waals surface area contributed by atoms with Gasteiger partial charge in [-0.1, -0.05) is 53.5 Å². The molecule has 282 valence electrons. The fourth-order valence-electron chi connectivity index (χ4n) is 5.95. The van der Waals surface area contributed by atoms with Crippen molar-refractivity contribution in [3.05, 3.63) is 163 Å². The van der Waals surface area contributed by atoms with Crippen LogP contribution < -0.4 is 19.5 Å². The number of nitrogens with zero attached hydrogens (tertiary/aromatic N) is 4. The Morgan fingerprint density at radius 2 is 1.23 bits per heavy atom. The molecule has 6 aromatic rings. The predicted octanol–water partition coefficient (Wildman–Crippen LogP) is 9.42. The van der Waals surface area contributed by atoms with Crippen molar-refractivity contribution < 1.29 is 28.6 Å². The first-order chi connectivity index (χ1) is 27.6. The van der Waals surface area contributed by atoms with E-state index in [1.807, 2.05) is 56.3 Å². The first kappa shape index (κ1) is 39.6. The highest BCUT2D eigenvalue weighted by atomic mass is 35.5. The molecule has 11 nitrogen and oxygen atoms in total. The average Bonchev–Trinajstić information content (AvgIpc) is 3.23. The van der Waals surface area contributed by atoms with Gasteiger partial charge in [-0.05, 0) is 78.1 Å². The molecule has 0 radical (unpaired) electrons. The van der Waals surface area contributed by atoms with E-state index in [-0.39, 0.29) is 58.1 Å². The monoisotopic (exact) mass is 795 g/mol. The van der Waals surface area contributed by atoms with Crippen LogP contribution in [0, 0.1) is 36.5 Å². The molecule has 2 aromatic heterocycles. The van der Waals surface area contributed by atoms with Gasteiger partial charge in [0, 0.05) is 47.7 Å². The van der Waals surface area contributed by atoms with Crippen molar-refractivity contribution in [2.45, 2.75) is 33.7 Å². The number of aldehydes is 2. The second kappa shape index (κ2) is 18.1. The largest absolute Gasteiger partial charge is 0.488 e. The minimum atomic E-state index is -0.511. The second-order valence-corrected chi connectivity index (χ2v) is 13.5. The van der Waals surface area contributed by atoms with Crippen molar-refractivity contribution in [1.29, 1.82) is 10.5 Å². The molecule has 1 N–H and O–H groups in total. The van der Waals surface area contributed by atoms with Crippen LogP contribution in [0.15, 0.2) is 97.6 Å². The Labute approximate surface area is 338 Å². The number of anilines is 1. The summed E-state index contributed by atoms with van der Waals surface area (Å²) in [5.41, 5.74) is 7.40. The molecule has 0 fully saturated rings. The van der Waals surface area contributed by atoms with Crippen LogP contribution in [0.2, 0.25) is 10.0 Å². The van der Waals surface area contributed by atoms with Crippen LogP contribution in [0.1, 0.15) is 70.0 Å². The van der Waals surface area contributed by atoms with E-state index in [4.69, 9.17) is 37.4 Å². The minimum Gasteiger partial charge on any atom is -0.488 e. The quantitative estimate of drug-likeness (QED) is 0.105. The Bertz CT molecular complexity index is 2620. The number of benzene rings is 4. The van der Waals surface area contributed by atoms with Crippen molar-refractivity contribution in [1.82, 2.24) is 9.97 Å². The van der Waals surface area contributed by atoms with E-state index in [1.54, 1.807) is 36.7 Å². The Hall–Kier alpha value is -7.05. The van der Waals surface area contributed by atoms with E-state index >= 15 is 0 Å². The maximum atomic E-state index is 13.7. The predicted molar refractivity (Wildman–Crippen MR) is 214 cm³/mol. The standard InChI is InChI=1S/C44H31Cl2N5O6/c1-26-32(25-57-43-14-42(34(22-53)12-39(43)46)56-24-31-10-29(16-48)18-50-20-31)5-3-6-35(26)36-7-4-8-40(27(36)2)51-44(54)37-13-41(33(21-52)11-38(37)45)55-23-30-9-28(15-47)17-49-19-30/h3-14,17-22H,23-25H2,1-2H3,(H,51,54). The molecule has 57 heavy (non-hydrogen) atoms. The number of amides is 1. The molecule has 0 bridgehead atoms. The first-order valence-electron chi connectivity index (χ1n) is 17.3. The molecule has 0 atom stereocenters. The van der Waals surface area contributed by atoms with Crippen LogP contribution in [0.4, 0.5) is 5.69 Å². The third-order valence-electron chi connectivity index (χ3n) is 9.00. The second-order valence-electron chi connectivity index (χ2n) is 12.7. The molecule has 1 amide bonds. The molecule has 13 heteroatoms. The summed E-state index contributed by atoms with van der Waals surface area (Å²) in [6.07, 6.45) is 7.22. The van der Waals surface area contributed by atoms with Gasteiger partial charge in [-0.25, -0.2) is 0 Å². The number of rotatable bonds is 14. The third-order valence-corrected chi connectivity index (χ3v) is 9.61. The van der Waals surface area contributed by atoms with Gasteiger partial charge in [-0.3, -0.25) is 24.4 Å². The van der Waals surface area contributed by atoms with Crippen LogP contribution in [0.5, 0.6) is 17.2 Å². The number of nitriles is 2. The van der Waals surface area contributed by atoms with Crippen molar-refractivity contribution in [3.8, 4) is 40.5 Å². The topological polar surface area (TPSA) is 164 Å². The van der Waals surface area contributed by atoms with E-state index in [0.717, 1.165) is 27.8 Å². The van der Waals surface area contributed by atoms with E-state index < -0.39 is 5.91 Å². The van der Waals surface area contributed by atoms with Gasteiger partial charge >= 0.3 is 0 Å². The number of ether oxygens (including phenoxy) is 3. The van der Waals surface area contributed by atoms with Gasteiger partial charge in [-0.2, -0.15) is 10.5 Å². The van der Waals surface area contributed by atoms with E-state index in [9.17, 15) is 24.9 Å². The lowest BCUT2D eigenvalue weighted by Gasteiger charge is -2.18. The maximum Gasteiger partial charge on any atom is 0.257 e. The third kappa shape index (κ3) is 9.26. The van der Waals surface area contributed by atoms with E-state index in [1.165, 1.54) is 30.6 Å². The molecule has 6 rings (SSSR count). The van der Waals surface area contributed by atoms with E-state index in [2.05, 4.69) is 15.3 Å². The number of aromatic nitrogens is 2. The molecule has 0 unspecified atom stereocenters. The zero-order valence-corrected chi connectivity index (χ0v) is 32.0. The summed E-state index contributed by atoms with van der Waals surface area (Å²) in [4.78, 5) is 45.4. The van der Waals surface area contributed by atoms with Gasteiger partial charge in [-0.15, -0.1) is 0 Å².